The molecule has 0 atom stereocenters. The Bertz CT molecular complexity index is 113. The quantitative estimate of drug-likeness (QED) is 0.526. The van der Waals surface area contributed by atoms with Crippen LogP contribution in [0.2, 0.25) is 0 Å². The predicted molar refractivity (Wildman–Crippen MR) is 62.1 cm³/mol. The van der Waals surface area contributed by atoms with Gasteiger partial charge in [-0.05, 0) is 25.9 Å². The smallest absolute Gasteiger partial charge is 0.125 e. The molecule has 0 aromatic carbocycles. The largest absolute Gasteiger partial charge is 0.330 e. The maximum Gasteiger partial charge on any atom is 0.125 e. The topological polar surface area (TPSA) is 69.1 Å². The first-order valence-electron chi connectivity index (χ1n) is 5.34. The van der Waals surface area contributed by atoms with Gasteiger partial charge in [-0.3, -0.25) is 0 Å². The van der Waals surface area contributed by atoms with E-state index in [1.807, 2.05) is 20.8 Å². The molecular formula is C11H26N2O. The van der Waals surface area contributed by atoms with Crippen molar-refractivity contribution in [2.45, 2.75) is 46.5 Å². The van der Waals surface area contributed by atoms with Crippen molar-refractivity contribution in [1.29, 1.82) is 0 Å². The molecule has 0 unspecified atom stereocenters. The van der Waals surface area contributed by atoms with Crippen LogP contribution in [0.25, 0.3) is 0 Å². The van der Waals surface area contributed by atoms with Crippen molar-refractivity contribution in [3.05, 3.63) is 0 Å². The molecule has 0 saturated heterocycles. The number of hydrogen-bond donors (Lipinski definition) is 2. The van der Waals surface area contributed by atoms with Crippen molar-refractivity contribution in [3.63, 3.8) is 0 Å². The van der Waals surface area contributed by atoms with Crippen molar-refractivity contribution in [1.82, 2.24) is 0 Å². The Kier molecular flexibility index (Phi) is 12.2. The van der Waals surface area contributed by atoms with E-state index in [0.717, 1.165) is 32.2 Å². The average Bonchev–Trinajstić information content (AvgIpc) is 2.13. The van der Waals surface area contributed by atoms with Gasteiger partial charge in [-0.1, -0.05) is 33.6 Å². The van der Waals surface area contributed by atoms with E-state index in [-0.39, 0.29) is 5.41 Å². The van der Waals surface area contributed by atoms with E-state index in [9.17, 15) is 4.79 Å². The van der Waals surface area contributed by atoms with Crippen LogP contribution in [0.4, 0.5) is 0 Å². The second-order valence-electron chi connectivity index (χ2n) is 4.48. The molecule has 0 heterocycles. The third-order valence-electron chi connectivity index (χ3n) is 1.51. The van der Waals surface area contributed by atoms with Gasteiger partial charge in [-0.15, -0.1) is 0 Å². The zero-order valence-corrected chi connectivity index (χ0v) is 9.88. The number of nitrogens with two attached hydrogens (primary N) is 2. The van der Waals surface area contributed by atoms with Crippen LogP contribution in [0.1, 0.15) is 46.5 Å². The summed E-state index contributed by atoms with van der Waals surface area (Å²) in [4.78, 5) is 9.83. The van der Waals surface area contributed by atoms with E-state index in [1.54, 1.807) is 0 Å². The van der Waals surface area contributed by atoms with Crippen LogP contribution in [0.5, 0.6) is 0 Å². The zero-order valence-electron chi connectivity index (χ0n) is 9.88. The van der Waals surface area contributed by atoms with E-state index in [1.165, 1.54) is 12.8 Å². The van der Waals surface area contributed by atoms with E-state index in [2.05, 4.69) is 0 Å². The highest BCUT2D eigenvalue weighted by atomic mass is 16.1. The normalized spacial score (nSPS) is 10.4. The molecule has 0 aliphatic carbocycles. The molecule has 3 nitrogen and oxygen atoms in total. The minimum atomic E-state index is -0.139. The minimum absolute atomic E-state index is 0.139. The maximum atomic E-state index is 9.83. The van der Waals surface area contributed by atoms with Gasteiger partial charge in [0.2, 0.25) is 0 Å². The Hall–Kier alpha value is -0.410. The second-order valence-corrected chi connectivity index (χ2v) is 4.48. The van der Waals surface area contributed by atoms with Crippen LogP contribution >= 0.6 is 0 Å². The first-order valence-corrected chi connectivity index (χ1v) is 5.34. The summed E-state index contributed by atoms with van der Waals surface area (Å²) in [7, 11) is 0. The van der Waals surface area contributed by atoms with Crippen molar-refractivity contribution in [2.75, 3.05) is 13.1 Å². The van der Waals surface area contributed by atoms with Crippen LogP contribution in [0.15, 0.2) is 0 Å². The highest BCUT2D eigenvalue weighted by Crippen LogP contribution is 2.05. The van der Waals surface area contributed by atoms with Gasteiger partial charge in [-0.2, -0.15) is 0 Å². The van der Waals surface area contributed by atoms with Crippen LogP contribution in [0.3, 0.4) is 0 Å². The van der Waals surface area contributed by atoms with Crippen LogP contribution < -0.4 is 11.5 Å². The SMILES string of the molecule is CC(C)(C)C=O.NCCCCCCN. The number of hydrogen-bond acceptors (Lipinski definition) is 3. The molecule has 0 aliphatic rings. The lowest BCUT2D eigenvalue weighted by molar-refractivity contribution is -0.113. The zero-order chi connectivity index (χ0) is 11.4. The van der Waals surface area contributed by atoms with Gasteiger partial charge in [0.1, 0.15) is 6.29 Å². The minimum Gasteiger partial charge on any atom is -0.330 e. The molecule has 14 heavy (non-hydrogen) atoms. The fraction of sp³-hybridized carbons (Fsp3) is 0.909. The Labute approximate surface area is 88.2 Å². The van der Waals surface area contributed by atoms with Crippen molar-refractivity contribution in [2.24, 2.45) is 16.9 Å². The molecule has 0 spiro atoms. The van der Waals surface area contributed by atoms with E-state index in [0.29, 0.717) is 0 Å². The van der Waals surface area contributed by atoms with Gasteiger partial charge in [0.15, 0.2) is 0 Å². The molecule has 0 aromatic rings. The van der Waals surface area contributed by atoms with Crippen LogP contribution in [0, 0.1) is 5.41 Å². The third-order valence-corrected chi connectivity index (χ3v) is 1.51. The van der Waals surface area contributed by atoms with Crippen molar-refractivity contribution < 1.29 is 4.79 Å². The van der Waals surface area contributed by atoms with E-state index >= 15 is 0 Å². The molecule has 0 saturated carbocycles. The monoisotopic (exact) mass is 202 g/mol. The summed E-state index contributed by atoms with van der Waals surface area (Å²) in [5, 5.41) is 0. The first kappa shape index (κ1) is 16.0. The summed E-state index contributed by atoms with van der Waals surface area (Å²) in [6.45, 7) is 7.27. The Balaban J connectivity index is 0. The Morgan fingerprint density at radius 1 is 0.929 bits per heavy atom. The molecule has 0 amide bonds. The lowest BCUT2D eigenvalue weighted by atomic mass is 10.0. The molecule has 0 bridgehead atoms. The van der Waals surface area contributed by atoms with E-state index < -0.39 is 0 Å². The summed E-state index contributed by atoms with van der Waals surface area (Å²) in [6.07, 6.45) is 5.73. The number of aldehydes is 1. The first-order chi connectivity index (χ1) is 6.47. The molecular weight excluding hydrogens is 176 g/mol. The van der Waals surface area contributed by atoms with Gasteiger partial charge >= 0.3 is 0 Å². The van der Waals surface area contributed by atoms with Crippen molar-refractivity contribution in [3.8, 4) is 0 Å². The third kappa shape index (κ3) is 22.6. The van der Waals surface area contributed by atoms with Gasteiger partial charge in [0, 0.05) is 5.41 Å². The number of carbonyl (C=O) groups is 1. The van der Waals surface area contributed by atoms with Gasteiger partial charge in [0.05, 0.1) is 0 Å². The molecule has 0 radical (unpaired) electrons. The van der Waals surface area contributed by atoms with Gasteiger partial charge in [-0.25, -0.2) is 0 Å². The molecule has 4 N–H and O–H groups in total. The molecule has 0 aromatic heterocycles. The number of carbonyl (C=O) groups excluding carboxylic acids is 1. The van der Waals surface area contributed by atoms with E-state index in [4.69, 9.17) is 11.5 Å². The summed E-state index contributed by atoms with van der Waals surface area (Å²) >= 11 is 0. The fourth-order valence-electron chi connectivity index (χ4n) is 0.642. The summed E-state index contributed by atoms with van der Waals surface area (Å²) in [6, 6.07) is 0. The average molecular weight is 202 g/mol. The second kappa shape index (κ2) is 10.7. The standard InChI is InChI=1S/C6H16N2.C5H10O/c7-5-3-1-2-4-6-8;1-5(2,3)4-6/h1-8H2;4H,1-3H3. The summed E-state index contributed by atoms with van der Waals surface area (Å²) in [5.74, 6) is 0. The fourth-order valence-corrected chi connectivity index (χ4v) is 0.642. The molecule has 86 valence electrons. The molecule has 0 fully saturated rings. The Morgan fingerprint density at radius 3 is 1.36 bits per heavy atom. The van der Waals surface area contributed by atoms with Gasteiger partial charge in [0.25, 0.3) is 0 Å². The molecule has 0 rings (SSSR count). The summed E-state index contributed by atoms with van der Waals surface area (Å²) < 4.78 is 0. The number of unbranched alkanes of at least 4 members (excludes halogenated alkanes) is 3. The van der Waals surface area contributed by atoms with Crippen molar-refractivity contribution >= 4 is 6.29 Å². The summed E-state index contributed by atoms with van der Waals surface area (Å²) in [5.41, 5.74) is 10.4. The highest BCUT2D eigenvalue weighted by Gasteiger charge is 2.04. The molecule has 0 aliphatic heterocycles. The predicted octanol–water partition coefficient (Wildman–Crippen LogP) is 1.70. The maximum absolute atomic E-state index is 9.83. The van der Waals surface area contributed by atoms with Crippen LogP contribution in [-0.2, 0) is 4.79 Å². The van der Waals surface area contributed by atoms with Gasteiger partial charge < -0.3 is 16.3 Å². The molecule has 3 heteroatoms. The highest BCUT2D eigenvalue weighted by molar-refractivity contribution is 5.56. The lowest BCUT2D eigenvalue weighted by Gasteiger charge is -2.03. The lowest BCUT2D eigenvalue weighted by Crippen LogP contribution is -2.04. The Morgan fingerprint density at radius 2 is 1.21 bits per heavy atom. The van der Waals surface area contributed by atoms with Crippen LogP contribution in [-0.4, -0.2) is 19.4 Å². The number of rotatable bonds is 5.